The monoisotopic (exact) mass is 466 g/mol. The quantitative estimate of drug-likeness (QED) is 0.683. The average molecular weight is 467 g/mol. The van der Waals surface area contributed by atoms with Crippen molar-refractivity contribution in [1.29, 1.82) is 0 Å². The summed E-state index contributed by atoms with van der Waals surface area (Å²) in [6.45, 7) is 7.55. The van der Waals surface area contributed by atoms with E-state index in [1.165, 1.54) is 18.9 Å². The lowest BCUT2D eigenvalue weighted by atomic mass is 10.0. The van der Waals surface area contributed by atoms with E-state index in [1.54, 1.807) is 4.90 Å². The van der Waals surface area contributed by atoms with Crippen LogP contribution < -0.4 is 15.0 Å². The maximum atomic E-state index is 13.9. The number of nitrogens with zero attached hydrogens (tertiary/aromatic N) is 3. The number of hydrogen-bond acceptors (Lipinski definition) is 6. The van der Waals surface area contributed by atoms with Crippen molar-refractivity contribution in [2.24, 2.45) is 5.10 Å². The molecule has 0 unspecified atom stereocenters. The van der Waals surface area contributed by atoms with E-state index in [9.17, 15) is 14.4 Å². The van der Waals surface area contributed by atoms with E-state index < -0.39 is 4.87 Å². The summed E-state index contributed by atoms with van der Waals surface area (Å²) in [5.74, 6) is -0.176. The van der Waals surface area contributed by atoms with Gasteiger partial charge in [0.1, 0.15) is 5.75 Å². The van der Waals surface area contributed by atoms with E-state index in [0.29, 0.717) is 25.1 Å². The number of hydrazone groups is 1. The Morgan fingerprint density at radius 2 is 1.85 bits per heavy atom. The smallest absolute Gasteiger partial charge is 0.270 e. The van der Waals surface area contributed by atoms with Crippen LogP contribution in [0, 0.1) is 13.8 Å². The average Bonchev–Trinajstić information content (AvgIpc) is 3.25. The van der Waals surface area contributed by atoms with Crippen LogP contribution in [-0.2, 0) is 19.3 Å². The summed E-state index contributed by atoms with van der Waals surface area (Å²) in [6.07, 6.45) is 0.605. The molecule has 1 N–H and O–H groups in total. The molecule has 0 fully saturated rings. The van der Waals surface area contributed by atoms with Crippen LogP contribution in [0.5, 0.6) is 5.75 Å². The number of amidine groups is 1. The van der Waals surface area contributed by atoms with Gasteiger partial charge in [0.25, 0.3) is 5.91 Å². The topological polar surface area (TPSA) is 91.3 Å². The molecule has 0 radical (unpaired) electrons. The number of benzene rings is 2. The molecule has 33 heavy (non-hydrogen) atoms. The largest absolute Gasteiger partial charge is 0.494 e. The van der Waals surface area contributed by atoms with Gasteiger partial charge in [-0.15, -0.1) is 5.10 Å². The summed E-state index contributed by atoms with van der Waals surface area (Å²) in [6, 6.07) is 13.5. The summed E-state index contributed by atoms with van der Waals surface area (Å²) in [7, 11) is 0. The third kappa shape index (κ3) is 4.08. The number of para-hydroxylation sites is 1. The van der Waals surface area contributed by atoms with Crippen LogP contribution >= 0.6 is 11.8 Å². The van der Waals surface area contributed by atoms with Gasteiger partial charge in [-0.3, -0.25) is 14.4 Å². The molecule has 8 nitrogen and oxygen atoms in total. The van der Waals surface area contributed by atoms with Crippen molar-refractivity contribution in [1.82, 2.24) is 10.3 Å². The Kier molecular flexibility index (Phi) is 6.16. The zero-order valence-electron chi connectivity index (χ0n) is 19.0. The molecule has 172 valence electrons. The fourth-order valence-electron chi connectivity index (χ4n) is 4.11. The zero-order valence-corrected chi connectivity index (χ0v) is 19.9. The molecule has 0 bridgehead atoms. The molecule has 4 rings (SSSR count). The van der Waals surface area contributed by atoms with Crippen molar-refractivity contribution in [2.75, 3.05) is 18.1 Å². The standard InChI is InChI=1S/C24H26N4O4S/c1-15-9-11-19(12-10-15)32-14-6-13-27-21-16(2)7-5-8-20(21)24(22(27)31)28(18(4)30)26-23(33-24)25-17(3)29/h5,7-12H,6,13-14H2,1-4H3,(H,25,26,29)/t24-/m0/s1. The van der Waals surface area contributed by atoms with Crippen LogP contribution in [0.1, 0.15) is 37.0 Å². The maximum absolute atomic E-state index is 13.9. The molecule has 3 amide bonds. The Labute approximate surface area is 197 Å². The van der Waals surface area contributed by atoms with E-state index in [4.69, 9.17) is 4.74 Å². The van der Waals surface area contributed by atoms with Crippen LogP contribution in [0.2, 0.25) is 0 Å². The fraction of sp³-hybridized carbons (Fsp3) is 0.333. The van der Waals surface area contributed by atoms with Crippen LogP contribution in [0.15, 0.2) is 47.6 Å². The molecule has 0 aliphatic carbocycles. The highest BCUT2D eigenvalue weighted by Gasteiger charge is 2.61. The van der Waals surface area contributed by atoms with Crippen molar-refractivity contribution in [3.05, 3.63) is 59.2 Å². The number of carbonyl (C=O) groups excluding carboxylic acids is 3. The second-order valence-electron chi connectivity index (χ2n) is 8.11. The van der Waals surface area contributed by atoms with Gasteiger partial charge in [0.05, 0.1) is 12.3 Å². The molecule has 9 heteroatoms. The summed E-state index contributed by atoms with van der Waals surface area (Å²) < 4.78 is 5.83. The molecular weight excluding hydrogens is 440 g/mol. The summed E-state index contributed by atoms with van der Waals surface area (Å²) in [5, 5.41) is 8.31. The first-order valence-corrected chi connectivity index (χ1v) is 11.5. The molecule has 2 aromatic carbocycles. The first-order valence-electron chi connectivity index (χ1n) is 10.7. The van der Waals surface area contributed by atoms with Crippen LogP contribution in [-0.4, -0.2) is 41.0 Å². The van der Waals surface area contributed by atoms with Gasteiger partial charge in [0.15, 0.2) is 5.17 Å². The second-order valence-corrected chi connectivity index (χ2v) is 9.29. The molecule has 1 spiro atoms. The number of hydrogen-bond donors (Lipinski definition) is 1. The Hall–Kier alpha value is -3.33. The molecule has 0 saturated heterocycles. The Balaban J connectivity index is 1.59. The minimum Gasteiger partial charge on any atom is -0.494 e. The van der Waals surface area contributed by atoms with Crippen molar-refractivity contribution < 1.29 is 19.1 Å². The van der Waals surface area contributed by atoms with Gasteiger partial charge in [-0.05, 0) is 49.7 Å². The first kappa shape index (κ1) is 22.8. The van der Waals surface area contributed by atoms with Crippen LogP contribution in [0.25, 0.3) is 0 Å². The number of anilines is 1. The van der Waals surface area contributed by atoms with Crippen molar-refractivity contribution in [3.63, 3.8) is 0 Å². The molecule has 0 saturated carbocycles. The van der Waals surface area contributed by atoms with E-state index in [1.807, 2.05) is 56.3 Å². The van der Waals surface area contributed by atoms with E-state index in [0.717, 1.165) is 34.3 Å². The van der Waals surface area contributed by atoms with Gasteiger partial charge < -0.3 is 15.0 Å². The van der Waals surface area contributed by atoms with Gasteiger partial charge in [-0.1, -0.05) is 35.9 Å². The predicted octanol–water partition coefficient (Wildman–Crippen LogP) is 3.27. The molecule has 2 aliphatic rings. The van der Waals surface area contributed by atoms with Gasteiger partial charge in [0.2, 0.25) is 16.7 Å². The van der Waals surface area contributed by atoms with Crippen LogP contribution in [0.3, 0.4) is 0 Å². The molecule has 1 atom stereocenters. The highest BCUT2D eigenvalue weighted by atomic mass is 32.2. The molecular formula is C24H26N4O4S. The second kappa shape index (κ2) is 8.90. The van der Waals surface area contributed by atoms with Crippen molar-refractivity contribution in [2.45, 2.75) is 39.0 Å². The Bertz CT molecular complexity index is 1150. The number of carbonyl (C=O) groups is 3. The predicted molar refractivity (Wildman–Crippen MR) is 128 cm³/mol. The number of amides is 3. The number of fused-ring (bicyclic) bond motifs is 2. The lowest BCUT2D eigenvalue weighted by Gasteiger charge is -2.29. The third-order valence-electron chi connectivity index (χ3n) is 5.54. The van der Waals surface area contributed by atoms with Gasteiger partial charge in [0, 0.05) is 26.0 Å². The normalized spacial score (nSPS) is 19.0. The highest BCUT2D eigenvalue weighted by Crippen LogP contribution is 2.55. The molecule has 2 aliphatic heterocycles. The summed E-state index contributed by atoms with van der Waals surface area (Å²) in [5.41, 5.74) is 3.55. The van der Waals surface area contributed by atoms with Gasteiger partial charge >= 0.3 is 0 Å². The minimum absolute atomic E-state index is 0.225. The lowest BCUT2D eigenvalue weighted by Crippen LogP contribution is -2.48. The van der Waals surface area contributed by atoms with Crippen molar-refractivity contribution >= 4 is 40.3 Å². The lowest BCUT2D eigenvalue weighted by molar-refractivity contribution is -0.139. The van der Waals surface area contributed by atoms with Crippen LogP contribution in [0.4, 0.5) is 5.69 Å². The highest BCUT2D eigenvalue weighted by molar-refractivity contribution is 8.15. The first-order chi connectivity index (χ1) is 15.7. The maximum Gasteiger partial charge on any atom is 0.270 e. The van der Waals surface area contributed by atoms with E-state index in [2.05, 4.69) is 10.4 Å². The number of rotatable bonds is 5. The van der Waals surface area contributed by atoms with Gasteiger partial charge in [-0.25, -0.2) is 0 Å². The number of ether oxygens (including phenoxy) is 1. The number of thioether (sulfide) groups is 1. The number of nitrogens with one attached hydrogen (secondary N) is 1. The third-order valence-corrected chi connectivity index (χ3v) is 6.78. The molecule has 2 aromatic rings. The van der Waals surface area contributed by atoms with E-state index >= 15 is 0 Å². The summed E-state index contributed by atoms with van der Waals surface area (Å²) >= 11 is 1.09. The van der Waals surface area contributed by atoms with E-state index in [-0.39, 0.29) is 22.9 Å². The Morgan fingerprint density at radius 3 is 2.52 bits per heavy atom. The van der Waals surface area contributed by atoms with Gasteiger partial charge in [-0.2, -0.15) is 5.01 Å². The van der Waals surface area contributed by atoms with Crippen molar-refractivity contribution in [3.8, 4) is 5.75 Å². The molecule has 2 heterocycles. The fourth-order valence-corrected chi connectivity index (χ4v) is 5.44. The number of aryl methyl sites for hydroxylation is 2. The minimum atomic E-state index is -1.37. The SMILES string of the molecule is CC(=O)NC1=NN(C(C)=O)[C@@]2(S1)C(=O)N(CCCOc1ccc(C)cc1)c1c(C)cccc12. The Morgan fingerprint density at radius 1 is 1.12 bits per heavy atom. The zero-order chi connectivity index (χ0) is 23.8. The molecule has 0 aromatic heterocycles. The summed E-state index contributed by atoms with van der Waals surface area (Å²) in [4.78, 5) is 38.4.